The van der Waals surface area contributed by atoms with Crippen molar-refractivity contribution in [1.29, 1.82) is 0 Å². The van der Waals surface area contributed by atoms with Crippen molar-refractivity contribution in [1.82, 2.24) is 9.78 Å². The zero-order valence-corrected chi connectivity index (χ0v) is 10.00. The maximum atomic E-state index is 10.3. The van der Waals surface area contributed by atoms with Crippen molar-refractivity contribution in [3.05, 3.63) is 53.3 Å². The molecule has 0 saturated heterocycles. The lowest BCUT2D eigenvalue weighted by molar-refractivity contribution is 0.175. The van der Waals surface area contributed by atoms with Crippen LogP contribution in [-0.4, -0.2) is 22.0 Å². The lowest BCUT2D eigenvalue weighted by atomic mass is 10.0. The summed E-state index contributed by atoms with van der Waals surface area (Å²) in [7, 11) is 3.47. The van der Waals surface area contributed by atoms with Crippen LogP contribution in [-0.2, 0) is 18.4 Å². The lowest BCUT2D eigenvalue weighted by Gasteiger charge is -2.13. The Hall–Kier alpha value is -1.65. The van der Waals surface area contributed by atoms with Gasteiger partial charge in [-0.1, -0.05) is 24.3 Å². The van der Waals surface area contributed by atoms with Gasteiger partial charge in [0, 0.05) is 20.4 Å². The highest BCUT2D eigenvalue weighted by molar-refractivity contribution is 5.32. The van der Waals surface area contributed by atoms with Crippen LogP contribution in [0.3, 0.4) is 0 Å². The van der Waals surface area contributed by atoms with E-state index >= 15 is 0 Å². The van der Waals surface area contributed by atoms with Crippen molar-refractivity contribution in [2.75, 3.05) is 7.11 Å². The van der Waals surface area contributed by atoms with Gasteiger partial charge < -0.3 is 9.84 Å². The molecule has 90 valence electrons. The summed E-state index contributed by atoms with van der Waals surface area (Å²) < 4.78 is 6.80. The molecule has 0 aliphatic heterocycles. The van der Waals surface area contributed by atoms with Gasteiger partial charge in [-0.05, 0) is 17.2 Å². The van der Waals surface area contributed by atoms with E-state index in [1.807, 2.05) is 43.6 Å². The second kappa shape index (κ2) is 5.12. The molecular weight excluding hydrogens is 216 g/mol. The molecule has 0 aliphatic rings. The minimum Gasteiger partial charge on any atom is -0.382 e. The van der Waals surface area contributed by atoms with Crippen LogP contribution in [0.1, 0.15) is 22.9 Å². The van der Waals surface area contributed by atoms with Crippen molar-refractivity contribution < 1.29 is 9.84 Å². The number of aromatic nitrogens is 2. The quantitative estimate of drug-likeness (QED) is 0.872. The highest BCUT2D eigenvalue weighted by Crippen LogP contribution is 2.24. The predicted molar refractivity (Wildman–Crippen MR) is 64.4 cm³/mol. The first-order chi connectivity index (χ1) is 8.22. The average molecular weight is 232 g/mol. The Balaban J connectivity index is 2.33. The van der Waals surface area contributed by atoms with Crippen LogP contribution in [0, 0.1) is 0 Å². The molecule has 0 radical (unpaired) electrons. The molecule has 1 heterocycles. The fourth-order valence-corrected chi connectivity index (χ4v) is 1.83. The molecular formula is C13H16N2O2. The van der Waals surface area contributed by atoms with Crippen molar-refractivity contribution in [3.63, 3.8) is 0 Å². The molecule has 1 N–H and O–H groups in total. The standard InChI is InChI=1S/C13H16N2O2/c1-15-8-7-12(14-15)13(16)11-6-4-3-5-10(11)9-17-2/h3-8,13,16H,9H2,1-2H3. The van der Waals surface area contributed by atoms with Crippen molar-refractivity contribution in [2.45, 2.75) is 12.7 Å². The number of aliphatic hydroxyl groups is 1. The Morgan fingerprint density at radius 2 is 2.12 bits per heavy atom. The molecule has 2 aromatic rings. The van der Waals surface area contributed by atoms with Crippen LogP contribution in [0.5, 0.6) is 0 Å². The molecule has 17 heavy (non-hydrogen) atoms. The third kappa shape index (κ3) is 2.54. The Kier molecular flexibility index (Phi) is 3.56. The first-order valence-electron chi connectivity index (χ1n) is 5.46. The van der Waals surface area contributed by atoms with Gasteiger partial charge in [0.05, 0.1) is 12.3 Å². The van der Waals surface area contributed by atoms with Crippen molar-refractivity contribution in [3.8, 4) is 0 Å². The summed E-state index contributed by atoms with van der Waals surface area (Å²) >= 11 is 0. The highest BCUT2D eigenvalue weighted by Gasteiger charge is 2.16. The number of ether oxygens (including phenoxy) is 1. The number of rotatable bonds is 4. The summed E-state index contributed by atoms with van der Waals surface area (Å²) in [5, 5.41) is 14.5. The summed E-state index contributed by atoms with van der Waals surface area (Å²) in [5.41, 5.74) is 2.47. The fourth-order valence-electron chi connectivity index (χ4n) is 1.83. The Labute approximate surface area is 100 Å². The largest absolute Gasteiger partial charge is 0.382 e. The minimum absolute atomic E-state index is 0.486. The number of aliphatic hydroxyl groups excluding tert-OH is 1. The van der Waals surface area contributed by atoms with Gasteiger partial charge in [0.2, 0.25) is 0 Å². The molecule has 1 unspecified atom stereocenters. The monoisotopic (exact) mass is 232 g/mol. The molecule has 0 spiro atoms. The molecule has 1 atom stereocenters. The summed E-state index contributed by atoms with van der Waals surface area (Å²) in [4.78, 5) is 0. The highest BCUT2D eigenvalue weighted by atomic mass is 16.5. The smallest absolute Gasteiger partial charge is 0.123 e. The first kappa shape index (κ1) is 11.8. The van der Waals surface area contributed by atoms with Crippen LogP contribution >= 0.6 is 0 Å². The van der Waals surface area contributed by atoms with Crippen LogP contribution < -0.4 is 0 Å². The van der Waals surface area contributed by atoms with Crippen LogP contribution in [0.15, 0.2) is 36.5 Å². The molecule has 0 amide bonds. The van der Waals surface area contributed by atoms with E-state index in [-0.39, 0.29) is 0 Å². The van der Waals surface area contributed by atoms with Gasteiger partial charge in [0.1, 0.15) is 6.10 Å². The third-order valence-electron chi connectivity index (χ3n) is 2.66. The van der Waals surface area contributed by atoms with Gasteiger partial charge in [0.15, 0.2) is 0 Å². The molecule has 4 heteroatoms. The third-order valence-corrected chi connectivity index (χ3v) is 2.66. The summed E-state index contributed by atoms with van der Waals surface area (Å²) in [6.07, 6.45) is 1.11. The van der Waals surface area contributed by atoms with E-state index in [1.54, 1.807) is 11.8 Å². The number of hydrogen-bond donors (Lipinski definition) is 1. The van der Waals surface area contributed by atoms with E-state index in [0.717, 1.165) is 11.1 Å². The van der Waals surface area contributed by atoms with Gasteiger partial charge >= 0.3 is 0 Å². The molecule has 0 fully saturated rings. The van der Waals surface area contributed by atoms with E-state index in [4.69, 9.17) is 4.74 Å². The number of aryl methyl sites for hydroxylation is 1. The molecule has 1 aromatic carbocycles. The van der Waals surface area contributed by atoms with E-state index in [0.29, 0.717) is 12.3 Å². The van der Waals surface area contributed by atoms with Crippen LogP contribution in [0.4, 0.5) is 0 Å². The topological polar surface area (TPSA) is 47.3 Å². The molecule has 4 nitrogen and oxygen atoms in total. The van der Waals surface area contributed by atoms with Crippen LogP contribution in [0.25, 0.3) is 0 Å². The number of methoxy groups -OCH3 is 1. The van der Waals surface area contributed by atoms with Gasteiger partial charge in [-0.3, -0.25) is 4.68 Å². The Morgan fingerprint density at radius 1 is 1.35 bits per heavy atom. The van der Waals surface area contributed by atoms with Gasteiger partial charge in [-0.25, -0.2) is 0 Å². The van der Waals surface area contributed by atoms with Gasteiger partial charge in [-0.2, -0.15) is 5.10 Å². The second-order valence-electron chi connectivity index (χ2n) is 3.95. The zero-order chi connectivity index (χ0) is 12.3. The van der Waals surface area contributed by atoms with Crippen molar-refractivity contribution >= 4 is 0 Å². The normalized spacial score (nSPS) is 12.6. The SMILES string of the molecule is COCc1ccccc1C(O)c1ccn(C)n1. The minimum atomic E-state index is -0.706. The zero-order valence-electron chi connectivity index (χ0n) is 10.00. The predicted octanol–water partition coefficient (Wildman–Crippen LogP) is 1.65. The molecule has 0 aliphatic carbocycles. The second-order valence-corrected chi connectivity index (χ2v) is 3.95. The Bertz CT molecular complexity index is 494. The van der Waals surface area contributed by atoms with Crippen LogP contribution in [0.2, 0.25) is 0 Å². The first-order valence-corrected chi connectivity index (χ1v) is 5.46. The Morgan fingerprint density at radius 3 is 2.76 bits per heavy atom. The number of nitrogens with zero attached hydrogens (tertiary/aromatic N) is 2. The average Bonchev–Trinajstić information content (AvgIpc) is 2.76. The van der Waals surface area contributed by atoms with E-state index in [1.165, 1.54) is 0 Å². The molecule has 1 aromatic heterocycles. The van der Waals surface area contributed by atoms with E-state index in [2.05, 4.69) is 5.10 Å². The fraction of sp³-hybridized carbons (Fsp3) is 0.308. The maximum absolute atomic E-state index is 10.3. The molecule has 2 rings (SSSR count). The van der Waals surface area contributed by atoms with E-state index < -0.39 is 6.10 Å². The lowest BCUT2D eigenvalue weighted by Crippen LogP contribution is -2.05. The molecule has 0 saturated carbocycles. The summed E-state index contributed by atoms with van der Waals surface area (Å²) in [6, 6.07) is 9.50. The number of benzene rings is 1. The van der Waals surface area contributed by atoms with Gasteiger partial charge in [-0.15, -0.1) is 0 Å². The number of hydrogen-bond acceptors (Lipinski definition) is 3. The summed E-state index contributed by atoms with van der Waals surface area (Å²) in [6.45, 7) is 0.486. The maximum Gasteiger partial charge on any atom is 0.123 e. The van der Waals surface area contributed by atoms with Gasteiger partial charge in [0.25, 0.3) is 0 Å². The van der Waals surface area contributed by atoms with Crippen molar-refractivity contribution in [2.24, 2.45) is 7.05 Å². The summed E-state index contributed by atoms with van der Waals surface area (Å²) in [5.74, 6) is 0. The van der Waals surface area contributed by atoms with E-state index in [9.17, 15) is 5.11 Å². The molecule has 0 bridgehead atoms.